The van der Waals surface area contributed by atoms with Crippen LogP contribution < -0.4 is 11.5 Å². The summed E-state index contributed by atoms with van der Waals surface area (Å²) >= 11 is 0. The van der Waals surface area contributed by atoms with Gasteiger partial charge in [-0.1, -0.05) is 12.1 Å². The van der Waals surface area contributed by atoms with Crippen molar-refractivity contribution in [1.82, 2.24) is 4.90 Å². The van der Waals surface area contributed by atoms with Gasteiger partial charge in [0.2, 0.25) is 0 Å². The topological polar surface area (TPSA) is 132 Å². The van der Waals surface area contributed by atoms with E-state index in [0.29, 0.717) is 18.5 Å². The van der Waals surface area contributed by atoms with Gasteiger partial charge in [0.05, 0.1) is 0 Å². The molecule has 1 aromatic rings. The largest absolute Gasteiger partial charge is 0.504 e. The maximum Gasteiger partial charge on any atom is 0.197 e. The van der Waals surface area contributed by atoms with Crippen LogP contribution in [0, 0.1) is 5.41 Å². The second-order valence-electron chi connectivity index (χ2n) is 3.72. The Hall–Kier alpha value is -2.44. The van der Waals surface area contributed by atoms with Gasteiger partial charge in [-0.15, -0.1) is 0 Å². The lowest BCUT2D eigenvalue weighted by Crippen LogP contribution is -2.42. The predicted octanol–water partition coefficient (Wildman–Crippen LogP) is -0.220. The van der Waals surface area contributed by atoms with Crippen LogP contribution in [0.1, 0.15) is 5.56 Å². The number of nitrogens with one attached hydrogen (secondary N) is 1. The maximum absolute atomic E-state index is 9.57. The number of phenols is 2. The van der Waals surface area contributed by atoms with Gasteiger partial charge in [-0.3, -0.25) is 15.3 Å². The fraction of sp³-hybridized carbons (Fsp3) is 0.273. The fourth-order valence-electron chi connectivity index (χ4n) is 1.30. The van der Waals surface area contributed by atoms with Crippen LogP contribution in [0.15, 0.2) is 23.2 Å². The van der Waals surface area contributed by atoms with E-state index in [1.54, 1.807) is 12.1 Å². The molecule has 7 heteroatoms. The van der Waals surface area contributed by atoms with E-state index >= 15 is 0 Å². The summed E-state index contributed by atoms with van der Waals surface area (Å²) in [7, 11) is 1.53. The summed E-state index contributed by atoms with van der Waals surface area (Å²) in [6, 6.07) is 4.73. The summed E-state index contributed by atoms with van der Waals surface area (Å²) in [6.07, 6.45) is 0.423. The van der Waals surface area contributed by atoms with Crippen molar-refractivity contribution in [2.24, 2.45) is 16.5 Å². The van der Waals surface area contributed by atoms with Gasteiger partial charge in [0.15, 0.2) is 23.4 Å². The summed E-state index contributed by atoms with van der Waals surface area (Å²) in [6.45, 7) is 0.320. The first-order chi connectivity index (χ1) is 8.43. The summed E-state index contributed by atoms with van der Waals surface area (Å²) in [5.74, 6) is -0.380. The van der Waals surface area contributed by atoms with E-state index in [4.69, 9.17) is 16.9 Å². The molecule has 0 saturated carbocycles. The molecule has 0 bridgehead atoms. The van der Waals surface area contributed by atoms with Gasteiger partial charge in [0.1, 0.15) is 0 Å². The monoisotopic (exact) mass is 251 g/mol. The van der Waals surface area contributed by atoms with Crippen LogP contribution >= 0.6 is 0 Å². The zero-order valence-corrected chi connectivity index (χ0v) is 10.1. The van der Waals surface area contributed by atoms with E-state index in [2.05, 4.69) is 4.99 Å². The Labute approximate surface area is 105 Å². The zero-order chi connectivity index (χ0) is 13.7. The van der Waals surface area contributed by atoms with Crippen molar-refractivity contribution in [1.29, 1.82) is 5.41 Å². The molecule has 0 saturated heterocycles. The third-order valence-electron chi connectivity index (χ3n) is 2.46. The number of hydrogen-bond acceptors (Lipinski definition) is 4. The number of guanidine groups is 2. The van der Waals surface area contributed by atoms with Crippen LogP contribution in [0.4, 0.5) is 0 Å². The second-order valence-corrected chi connectivity index (χ2v) is 3.72. The number of aliphatic imine (C=N–C) groups is 1. The number of aromatic hydroxyl groups is 2. The Morgan fingerprint density at radius 2 is 2.06 bits per heavy atom. The van der Waals surface area contributed by atoms with E-state index in [-0.39, 0.29) is 23.4 Å². The van der Waals surface area contributed by atoms with Crippen LogP contribution in [-0.4, -0.2) is 40.6 Å². The Balaban J connectivity index is 2.64. The molecule has 1 aromatic carbocycles. The molecule has 1 rings (SSSR count). The van der Waals surface area contributed by atoms with Crippen LogP contribution in [-0.2, 0) is 6.42 Å². The van der Waals surface area contributed by atoms with Crippen molar-refractivity contribution in [3.63, 3.8) is 0 Å². The molecule has 0 amide bonds. The number of rotatable bonds is 3. The van der Waals surface area contributed by atoms with Gasteiger partial charge in [-0.05, 0) is 18.1 Å². The Bertz CT molecular complexity index is 473. The zero-order valence-electron chi connectivity index (χ0n) is 10.1. The SMILES string of the molecule is CN(C(=N)N)C(N)=NCCc1cccc(O)c1O. The number of phenolic OH excluding ortho intramolecular Hbond substituents is 2. The van der Waals surface area contributed by atoms with Gasteiger partial charge >= 0.3 is 0 Å². The van der Waals surface area contributed by atoms with Crippen LogP contribution in [0.25, 0.3) is 0 Å². The van der Waals surface area contributed by atoms with Gasteiger partial charge in [-0.2, -0.15) is 0 Å². The Morgan fingerprint density at radius 1 is 1.39 bits per heavy atom. The first-order valence-corrected chi connectivity index (χ1v) is 5.31. The van der Waals surface area contributed by atoms with Gasteiger partial charge < -0.3 is 21.7 Å². The number of nitrogens with two attached hydrogens (primary N) is 2. The summed E-state index contributed by atoms with van der Waals surface area (Å²) < 4.78 is 0. The first kappa shape index (κ1) is 13.6. The number of benzene rings is 1. The minimum absolute atomic E-state index is 0.127. The molecule has 7 N–H and O–H groups in total. The van der Waals surface area contributed by atoms with E-state index < -0.39 is 0 Å². The summed E-state index contributed by atoms with van der Waals surface area (Å²) in [4.78, 5) is 5.26. The van der Waals surface area contributed by atoms with Gasteiger partial charge in [0, 0.05) is 13.6 Å². The van der Waals surface area contributed by atoms with Crippen molar-refractivity contribution < 1.29 is 10.2 Å². The normalized spacial score (nSPS) is 11.3. The Morgan fingerprint density at radius 3 is 2.67 bits per heavy atom. The van der Waals surface area contributed by atoms with Crippen molar-refractivity contribution in [3.05, 3.63) is 23.8 Å². The molecule has 0 atom stereocenters. The van der Waals surface area contributed by atoms with Crippen LogP contribution in [0.5, 0.6) is 11.5 Å². The molecule has 0 radical (unpaired) electrons. The van der Waals surface area contributed by atoms with E-state index in [9.17, 15) is 10.2 Å². The summed E-state index contributed by atoms with van der Waals surface area (Å²) in [5.41, 5.74) is 11.4. The average Bonchev–Trinajstić information content (AvgIpc) is 2.33. The molecule has 0 spiro atoms. The lowest BCUT2D eigenvalue weighted by molar-refractivity contribution is 0.399. The standard InChI is InChI=1S/C11H17N5O2/c1-16(10(12)13)11(14)15-6-5-7-3-2-4-8(17)9(7)18/h2-4,17-18H,5-6H2,1H3,(H3,12,13)(H2,14,15). The molecule has 0 aromatic heterocycles. The van der Waals surface area contributed by atoms with Crippen LogP contribution in [0.2, 0.25) is 0 Å². The molecular formula is C11H17N5O2. The molecule has 98 valence electrons. The van der Waals surface area contributed by atoms with E-state index in [0.717, 1.165) is 0 Å². The molecule has 0 heterocycles. The lowest BCUT2D eigenvalue weighted by atomic mass is 10.1. The molecule has 7 nitrogen and oxygen atoms in total. The van der Waals surface area contributed by atoms with E-state index in [1.807, 2.05) is 0 Å². The smallest absolute Gasteiger partial charge is 0.197 e. The highest BCUT2D eigenvalue weighted by Crippen LogP contribution is 2.28. The molecule has 0 aliphatic rings. The number of para-hydroxylation sites is 1. The van der Waals surface area contributed by atoms with Crippen LogP contribution in [0.3, 0.4) is 0 Å². The highest BCUT2D eigenvalue weighted by atomic mass is 16.3. The number of hydrogen-bond donors (Lipinski definition) is 5. The lowest BCUT2D eigenvalue weighted by Gasteiger charge is -2.15. The molecular weight excluding hydrogens is 234 g/mol. The third kappa shape index (κ3) is 3.27. The van der Waals surface area contributed by atoms with Crippen molar-refractivity contribution in [2.75, 3.05) is 13.6 Å². The first-order valence-electron chi connectivity index (χ1n) is 5.31. The highest BCUT2D eigenvalue weighted by Gasteiger charge is 2.06. The quantitative estimate of drug-likeness (QED) is 0.288. The molecule has 0 aliphatic carbocycles. The van der Waals surface area contributed by atoms with E-state index in [1.165, 1.54) is 18.0 Å². The van der Waals surface area contributed by atoms with Crippen molar-refractivity contribution >= 4 is 11.9 Å². The molecule has 18 heavy (non-hydrogen) atoms. The summed E-state index contributed by atoms with van der Waals surface area (Å²) in [5, 5.41) is 26.0. The van der Waals surface area contributed by atoms with Crippen molar-refractivity contribution in [3.8, 4) is 11.5 Å². The maximum atomic E-state index is 9.57. The highest BCUT2D eigenvalue weighted by molar-refractivity contribution is 5.95. The molecule has 0 fully saturated rings. The molecule has 0 aliphatic heterocycles. The average molecular weight is 251 g/mol. The molecule has 0 unspecified atom stereocenters. The third-order valence-corrected chi connectivity index (χ3v) is 2.46. The Kier molecular flexibility index (Phi) is 4.36. The number of nitrogens with zero attached hydrogens (tertiary/aromatic N) is 2. The van der Waals surface area contributed by atoms with Gasteiger partial charge in [-0.25, -0.2) is 0 Å². The minimum atomic E-state index is -0.198. The minimum Gasteiger partial charge on any atom is -0.504 e. The second kappa shape index (κ2) is 5.76. The predicted molar refractivity (Wildman–Crippen MR) is 69.6 cm³/mol. The van der Waals surface area contributed by atoms with Crippen molar-refractivity contribution in [2.45, 2.75) is 6.42 Å². The fourth-order valence-corrected chi connectivity index (χ4v) is 1.30. The van der Waals surface area contributed by atoms with Gasteiger partial charge in [0.25, 0.3) is 0 Å².